The number of thiol groups is 1. The quantitative estimate of drug-likeness (QED) is 0.705. The van der Waals surface area contributed by atoms with E-state index < -0.39 is 5.41 Å². The van der Waals surface area contributed by atoms with E-state index >= 15 is 0 Å². The molecule has 0 unspecified atom stereocenters. The Kier molecular flexibility index (Phi) is 1.84. The van der Waals surface area contributed by atoms with Crippen LogP contribution in [0.2, 0.25) is 0 Å². The molecule has 1 aromatic rings. The van der Waals surface area contributed by atoms with Gasteiger partial charge in [0.15, 0.2) is 5.12 Å². The van der Waals surface area contributed by atoms with Crippen LogP contribution in [-0.4, -0.2) is 10.2 Å². The molecule has 1 N–H and O–H groups in total. The van der Waals surface area contributed by atoms with Gasteiger partial charge in [0.2, 0.25) is 0 Å². The van der Waals surface area contributed by atoms with E-state index in [2.05, 4.69) is 12.6 Å². The predicted molar refractivity (Wildman–Crippen MR) is 53.0 cm³/mol. The van der Waals surface area contributed by atoms with Crippen molar-refractivity contribution in [2.24, 2.45) is 0 Å². The van der Waals surface area contributed by atoms with Gasteiger partial charge in [0.05, 0.1) is 5.41 Å². The minimum absolute atomic E-state index is 0.0990. The van der Waals surface area contributed by atoms with Gasteiger partial charge in [-0.3, -0.25) is 4.79 Å². The Balaban J connectivity index is 2.41. The zero-order valence-electron chi connectivity index (χ0n) is 7.03. The van der Waals surface area contributed by atoms with Crippen molar-refractivity contribution in [1.29, 1.82) is 0 Å². The highest BCUT2D eigenvalue weighted by Crippen LogP contribution is 2.50. The third-order valence-electron chi connectivity index (χ3n) is 2.56. The third kappa shape index (κ3) is 1.33. The molecule has 2 rings (SSSR count). The van der Waals surface area contributed by atoms with E-state index in [1.807, 2.05) is 6.07 Å². The normalized spacial score (nSPS) is 18.2. The van der Waals surface area contributed by atoms with Gasteiger partial charge in [-0.1, -0.05) is 12.1 Å². The summed E-state index contributed by atoms with van der Waals surface area (Å²) in [6.45, 7) is 0. The van der Waals surface area contributed by atoms with E-state index in [9.17, 15) is 9.90 Å². The smallest absolute Gasteiger partial charge is 0.196 e. The Hall–Kier alpha value is -0.960. The van der Waals surface area contributed by atoms with Gasteiger partial charge in [-0.15, -0.1) is 12.6 Å². The fraction of sp³-hybridized carbons (Fsp3) is 0.300. The number of carbonyl (C=O) groups is 1. The lowest BCUT2D eigenvalue weighted by atomic mass is 9.97. The summed E-state index contributed by atoms with van der Waals surface area (Å²) in [5.74, 6) is 0.207. The first-order chi connectivity index (χ1) is 6.15. The van der Waals surface area contributed by atoms with Crippen molar-refractivity contribution in [3.8, 4) is 5.75 Å². The Morgan fingerprint density at radius 2 is 2.15 bits per heavy atom. The van der Waals surface area contributed by atoms with E-state index in [1.54, 1.807) is 18.2 Å². The summed E-state index contributed by atoms with van der Waals surface area (Å²) in [4.78, 5) is 11.2. The van der Waals surface area contributed by atoms with Crippen molar-refractivity contribution in [2.75, 3.05) is 0 Å². The van der Waals surface area contributed by atoms with Gasteiger partial charge in [0.1, 0.15) is 5.75 Å². The van der Waals surface area contributed by atoms with E-state index in [-0.39, 0.29) is 10.9 Å². The van der Waals surface area contributed by atoms with Gasteiger partial charge in [-0.2, -0.15) is 0 Å². The summed E-state index contributed by atoms with van der Waals surface area (Å²) in [5, 5.41) is 9.15. The molecule has 68 valence electrons. The summed E-state index contributed by atoms with van der Waals surface area (Å²) in [5.41, 5.74) is 0.481. The van der Waals surface area contributed by atoms with Gasteiger partial charge in [-0.25, -0.2) is 0 Å². The maximum atomic E-state index is 11.2. The standard InChI is InChI=1S/C10H10O2S/c11-8-3-1-2-7(6-8)10(4-5-10)9(12)13/h1-3,6,11H,4-5H2,(H,12,13). The lowest BCUT2D eigenvalue weighted by Gasteiger charge is -2.10. The van der Waals surface area contributed by atoms with Crippen molar-refractivity contribution in [3.63, 3.8) is 0 Å². The predicted octanol–water partition coefficient (Wildman–Crippen LogP) is 1.88. The summed E-state index contributed by atoms with van der Waals surface area (Å²) in [6.07, 6.45) is 1.69. The first-order valence-electron chi connectivity index (χ1n) is 4.18. The van der Waals surface area contributed by atoms with Crippen LogP contribution in [-0.2, 0) is 10.2 Å². The van der Waals surface area contributed by atoms with Gasteiger partial charge in [0, 0.05) is 0 Å². The molecule has 0 aliphatic heterocycles. The summed E-state index contributed by atoms with van der Waals surface area (Å²) < 4.78 is 0. The molecular formula is C10H10O2S. The number of hydrogen-bond donors (Lipinski definition) is 2. The lowest BCUT2D eigenvalue weighted by Crippen LogP contribution is -2.14. The number of benzene rings is 1. The maximum absolute atomic E-state index is 11.2. The Labute approximate surface area is 82.0 Å². The third-order valence-corrected chi connectivity index (χ3v) is 2.99. The fourth-order valence-corrected chi connectivity index (χ4v) is 1.91. The van der Waals surface area contributed by atoms with Gasteiger partial charge < -0.3 is 5.11 Å². The van der Waals surface area contributed by atoms with Crippen LogP contribution in [0.15, 0.2) is 24.3 Å². The van der Waals surface area contributed by atoms with Crippen molar-refractivity contribution >= 4 is 17.7 Å². The molecule has 0 heterocycles. The minimum atomic E-state index is -0.401. The number of carbonyl (C=O) groups excluding carboxylic acids is 1. The fourth-order valence-electron chi connectivity index (χ4n) is 1.55. The number of aromatic hydroxyl groups is 1. The zero-order chi connectivity index (χ0) is 9.47. The van der Waals surface area contributed by atoms with Gasteiger partial charge in [0.25, 0.3) is 0 Å². The highest BCUT2D eigenvalue weighted by Gasteiger charge is 2.49. The highest BCUT2D eigenvalue weighted by molar-refractivity contribution is 7.96. The number of phenols is 1. The molecule has 0 amide bonds. The van der Waals surface area contributed by atoms with Crippen LogP contribution in [0.5, 0.6) is 5.75 Å². The zero-order valence-corrected chi connectivity index (χ0v) is 7.92. The van der Waals surface area contributed by atoms with Crippen molar-refractivity contribution < 1.29 is 9.90 Å². The first-order valence-corrected chi connectivity index (χ1v) is 4.63. The average molecular weight is 194 g/mol. The van der Waals surface area contributed by atoms with E-state index in [4.69, 9.17) is 0 Å². The Morgan fingerprint density at radius 3 is 2.62 bits per heavy atom. The largest absolute Gasteiger partial charge is 0.508 e. The Morgan fingerprint density at radius 1 is 1.46 bits per heavy atom. The molecule has 3 heteroatoms. The maximum Gasteiger partial charge on any atom is 0.196 e. The molecule has 1 aliphatic carbocycles. The van der Waals surface area contributed by atoms with Crippen molar-refractivity contribution in [1.82, 2.24) is 0 Å². The molecule has 1 saturated carbocycles. The first kappa shape index (κ1) is 8.63. The van der Waals surface area contributed by atoms with E-state index in [0.29, 0.717) is 0 Å². The van der Waals surface area contributed by atoms with Crippen molar-refractivity contribution in [3.05, 3.63) is 29.8 Å². The second-order valence-corrected chi connectivity index (χ2v) is 3.84. The summed E-state index contributed by atoms with van der Waals surface area (Å²) in [7, 11) is 0. The topological polar surface area (TPSA) is 37.3 Å². The van der Waals surface area contributed by atoms with Crippen LogP contribution in [0.3, 0.4) is 0 Å². The van der Waals surface area contributed by atoms with Gasteiger partial charge >= 0.3 is 0 Å². The highest BCUT2D eigenvalue weighted by atomic mass is 32.1. The molecule has 0 bridgehead atoms. The minimum Gasteiger partial charge on any atom is -0.508 e. The summed E-state index contributed by atoms with van der Waals surface area (Å²) >= 11 is 3.87. The monoisotopic (exact) mass is 194 g/mol. The molecule has 1 aromatic carbocycles. The number of hydrogen-bond acceptors (Lipinski definition) is 2. The molecule has 1 aliphatic rings. The average Bonchev–Trinajstić information content (AvgIpc) is 2.83. The molecule has 1 fully saturated rings. The lowest BCUT2D eigenvalue weighted by molar-refractivity contribution is -0.112. The van der Waals surface area contributed by atoms with Crippen LogP contribution >= 0.6 is 12.6 Å². The van der Waals surface area contributed by atoms with E-state index in [0.717, 1.165) is 18.4 Å². The molecule has 0 saturated heterocycles. The molecule has 13 heavy (non-hydrogen) atoms. The summed E-state index contributed by atoms with van der Waals surface area (Å²) in [6, 6.07) is 6.85. The SMILES string of the molecule is O=C(S)C1(c2cccc(O)c2)CC1. The van der Waals surface area contributed by atoms with Crippen LogP contribution in [0, 0.1) is 0 Å². The second kappa shape index (κ2) is 2.77. The van der Waals surface area contributed by atoms with Crippen LogP contribution in [0.25, 0.3) is 0 Å². The van der Waals surface area contributed by atoms with Crippen LogP contribution < -0.4 is 0 Å². The molecule has 0 aromatic heterocycles. The molecule has 0 spiro atoms. The van der Waals surface area contributed by atoms with Crippen LogP contribution in [0.4, 0.5) is 0 Å². The van der Waals surface area contributed by atoms with E-state index in [1.165, 1.54) is 0 Å². The molecular weight excluding hydrogens is 184 g/mol. The molecule has 0 radical (unpaired) electrons. The number of phenolic OH excluding ortho intramolecular Hbond substituents is 1. The van der Waals surface area contributed by atoms with Crippen LogP contribution in [0.1, 0.15) is 18.4 Å². The molecule has 2 nitrogen and oxygen atoms in total. The Bertz CT molecular complexity index is 356. The number of rotatable bonds is 2. The van der Waals surface area contributed by atoms with Gasteiger partial charge in [-0.05, 0) is 30.5 Å². The molecule has 0 atom stereocenters. The second-order valence-electron chi connectivity index (χ2n) is 3.44. The van der Waals surface area contributed by atoms with Crippen molar-refractivity contribution in [2.45, 2.75) is 18.3 Å².